The van der Waals surface area contributed by atoms with Crippen molar-refractivity contribution in [3.8, 4) is 0 Å². The summed E-state index contributed by atoms with van der Waals surface area (Å²) in [5.41, 5.74) is 0. The van der Waals surface area contributed by atoms with Crippen LogP contribution in [-0.2, 0) is 9.84 Å². The summed E-state index contributed by atoms with van der Waals surface area (Å²) < 4.78 is 24.6. The van der Waals surface area contributed by atoms with Crippen LogP contribution in [-0.4, -0.2) is 43.9 Å². The third-order valence-corrected chi connectivity index (χ3v) is 4.68. The van der Waals surface area contributed by atoms with E-state index in [1.807, 2.05) is 0 Å². The molecule has 7 heteroatoms. The Bertz CT molecular complexity index is 530. The zero-order valence-corrected chi connectivity index (χ0v) is 12.2. The summed E-state index contributed by atoms with van der Waals surface area (Å²) in [5.74, 6) is -0.0684. The summed E-state index contributed by atoms with van der Waals surface area (Å²) in [6.07, 6.45) is -0.785. The molecule has 0 aliphatic rings. The zero-order chi connectivity index (χ0) is 13.8. The van der Waals surface area contributed by atoms with Gasteiger partial charge in [-0.15, -0.1) is 0 Å². The minimum atomic E-state index is -3.35. The summed E-state index contributed by atoms with van der Waals surface area (Å²) in [7, 11) is -1.94. The van der Waals surface area contributed by atoms with Crippen molar-refractivity contribution in [1.82, 2.24) is 4.90 Å². The summed E-state index contributed by atoms with van der Waals surface area (Å²) in [6, 6.07) is 6.47. The van der Waals surface area contributed by atoms with Crippen LogP contribution in [0.25, 0.3) is 0 Å². The molecule has 0 aromatic heterocycles. The van der Waals surface area contributed by atoms with Crippen LogP contribution in [0.4, 0.5) is 4.79 Å². The Morgan fingerprint density at radius 3 is 2.67 bits per heavy atom. The van der Waals surface area contributed by atoms with Crippen molar-refractivity contribution in [1.29, 1.82) is 0 Å². The van der Waals surface area contributed by atoms with Gasteiger partial charge in [0.25, 0.3) is 0 Å². The van der Waals surface area contributed by atoms with E-state index in [1.165, 1.54) is 19.2 Å². The largest absolute Gasteiger partial charge is 0.465 e. The number of hydrogen-bond acceptors (Lipinski definition) is 3. The Labute approximate surface area is 114 Å². The number of carbonyl (C=O) groups is 1. The maximum atomic E-state index is 11.9. The number of halogens is 1. The van der Waals surface area contributed by atoms with Crippen molar-refractivity contribution in [2.45, 2.75) is 11.3 Å². The molecule has 1 N–H and O–H groups in total. The van der Waals surface area contributed by atoms with E-state index in [0.29, 0.717) is 4.47 Å². The van der Waals surface area contributed by atoms with Crippen molar-refractivity contribution >= 4 is 31.9 Å². The van der Waals surface area contributed by atoms with E-state index >= 15 is 0 Å². The summed E-state index contributed by atoms with van der Waals surface area (Å²) in [5, 5.41) is 8.64. The minimum Gasteiger partial charge on any atom is -0.465 e. The molecule has 1 aromatic carbocycles. The van der Waals surface area contributed by atoms with Crippen LogP contribution < -0.4 is 0 Å². The van der Waals surface area contributed by atoms with E-state index in [4.69, 9.17) is 5.11 Å². The highest BCUT2D eigenvalue weighted by molar-refractivity contribution is 9.10. The van der Waals surface area contributed by atoms with Gasteiger partial charge in [0.1, 0.15) is 0 Å². The molecule has 0 radical (unpaired) electrons. The average Bonchev–Trinajstić information content (AvgIpc) is 2.28. The molecule has 18 heavy (non-hydrogen) atoms. The molecule has 0 saturated heterocycles. The van der Waals surface area contributed by atoms with Crippen LogP contribution in [0.5, 0.6) is 0 Å². The predicted octanol–water partition coefficient (Wildman–Crippen LogP) is 2.22. The number of rotatable bonds is 5. The van der Waals surface area contributed by atoms with Crippen molar-refractivity contribution < 1.29 is 18.3 Å². The van der Waals surface area contributed by atoms with E-state index in [9.17, 15) is 13.2 Å². The molecule has 5 nitrogen and oxygen atoms in total. The highest BCUT2D eigenvalue weighted by Gasteiger charge is 2.15. The minimum absolute atomic E-state index is 0.0684. The van der Waals surface area contributed by atoms with E-state index in [-0.39, 0.29) is 23.6 Å². The van der Waals surface area contributed by atoms with Gasteiger partial charge in [-0.05, 0) is 24.6 Å². The monoisotopic (exact) mass is 335 g/mol. The van der Waals surface area contributed by atoms with Crippen molar-refractivity contribution in [2.75, 3.05) is 19.3 Å². The van der Waals surface area contributed by atoms with Crippen molar-refractivity contribution in [3.05, 3.63) is 28.7 Å². The van der Waals surface area contributed by atoms with E-state index in [1.54, 1.807) is 12.1 Å². The standard InChI is InChI=1S/C11H14BrNO4S/c1-13(11(14)15)6-3-7-18(16,17)10-5-2-4-9(12)8-10/h2,4-5,8H,3,6-7H2,1H3,(H,14,15). The van der Waals surface area contributed by atoms with Gasteiger partial charge in [-0.25, -0.2) is 13.2 Å². The third-order valence-electron chi connectivity index (χ3n) is 2.39. The van der Waals surface area contributed by atoms with Crippen molar-refractivity contribution in [2.24, 2.45) is 0 Å². The van der Waals surface area contributed by atoms with Gasteiger partial charge >= 0.3 is 6.09 Å². The number of amides is 1. The van der Waals surface area contributed by atoms with Crippen LogP contribution in [0.2, 0.25) is 0 Å². The molecule has 1 amide bonds. The van der Waals surface area contributed by atoms with Gasteiger partial charge in [-0.1, -0.05) is 22.0 Å². The second kappa shape index (κ2) is 6.19. The smallest absolute Gasteiger partial charge is 0.407 e. The highest BCUT2D eigenvalue weighted by atomic mass is 79.9. The summed E-state index contributed by atoms with van der Waals surface area (Å²) in [6.45, 7) is 0.197. The predicted molar refractivity (Wildman–Crippen MR) is 71.5 cm³/mol. The Balaban J connectivity index is 2.64. The molecule has 0 fully saturated rings. The first-order valence-electron chi connectivity index (χ1n) is 5.25. The molecule has 0 bridgehead atoms. The Morgan fingerprint density at radius 1 is 1.44 bits per heavy atom. The van der Waals surface area contributed by atoms with Crippen LogP contribution in [0.15, 0.2) is 33.6 Å². The summed E-state index contributed by atoms with van der Waals surface area (Å²) in [4.78, 5) is 11.9. The molecule has 0 heterocycles. The Morgan fingerprint density at radius 2 is 2.11 bits per heavy atom. The maximum Gasteiger partial charge on any atom is 0.407 e. The van der Waals surface area contributed by atoms with Crippen LogP contribution in [0, 0.1) is 0 Å². The lowest BCUT2D eigenvalue weighted by molar-refractivity contribution is 0.156. The molecular weight excluding hydrogens is 322 g/mol. The lowest BCUT2D eigenvalue weighted by Crippen LogP contribution is -2.27. The number of benzene rings is 1. The lowest BCUT2D eigenvalue weighted by atomic mass is 10.4. The average molecular weight is 336 g/mol. The molecule has 0 aliphatic heterocycles. The van der Waals surface area contributed by atoms with Gasteiger partial charge in [0.15, 0.2) is 9.84 Å². The first-order chi connectivity index (χ1) is 8.33. The molecular formula is C11H14BrNO4S. The molecule has 0 spiro atoms. The fourth-order valence-electron chi connectivity index (χ4n) is 1.37. The van der Waals surface area contributed by atoms with Gasteiger partial charge in [0.05, 0.1) is 10.6 Å². The molecule has 0 atom stereocenters. The van der Waals surface area contributed by atoms with Crippen molar-refractivity contribution in [3.63, 3.8) is 0 Å². The molecule has 1 rings (SSSR count). The SMILES string of the molecule is CN(CCCS(=O)(=O)c1cccc(Br)c1)C(=O)O. The third kappa shape index (κ3) is 4.30. The number of carboxylic acid groups (broad SMARTS) is 1. The van der Waals surface area contributed by atoms with Crippen LogP contribution in [0.3, 0.4) is 0 Å². The lowest BCUT2D eigenvalue weighted by Gasteiger charge is -2.12. The zero-order valence-electron chi connectivity index (χ0n) is 9.84. The second-order valence-electron chi connectivity index (χ2n) is 3.83. The van der Waals surface area contributed by atoms with Crippen LogP contribution >= 0.6 is 15.9 Å². The normalized spacial score (nSPS) is 11.2. The second-order valence-corrected chi connectivity index (χ2v) is 6.86. The first-order valence-corrected chi connectivity index (χ1v) is 7.70. The Kier molecular flexibility index (Phi) is 5.15. The van der Waals surface area contributed by atoms with E-state index in [2.05, 4.69) is 15.9 Å². The fourth-order valence-corrected chi connectivity index (χ4v) is 3.25. The van der Waals surface area contributed by atoms with E-state index < -0.39 is 15.9 Å². The Hall–Kier alpha value is -1.08. The number of hydrogen-bond donors (Lipinski definition) is 1. The fraction of sp³-hybridized carbons (Fsp3) is 0.364. The van der Waals surface area contributed by atoms with Gasteiger partial charge in [0.2, 0.25) is 0 Å². The van der Waals surface area contributed by atoms with Gasteiger partial charge in [-0.2, -0.15) is 0 Å². The highest BCUT2D eigenvalue weighted by Crippen LogP contribution is 2.17. The van der Waals surface area contributed by atoms with E-state index in [0.717, 1.165) is 4.90 Å². The van der Waals surface area contributed by atoms with Gasteiger partial charge < -0.3 is 10.0 Å². The summed E-state index contributed by atoms with van der Waals surface area (Å²) >= 11 is 3.21. The molecule has 0 aliphatic carbocycles. The van der Waals surface area contributed by atoms with Gasteiger partial charge in [0, 0.05) is 18.1 Å². The molecule has 0 unspecified atom stereocenters. The van der Waals surface area contributed by atoms with Gasteiger partial charge in [-0.3, -0.25) is 0 Å². The molecule has 100 valence electrons. The number of nitrogens with zero attached hydrogens (tertiary/aromatic N) is 1. The van der Waals surface area contributed by atoms with Crippen LogP contribution in [0.1, 0.15) is 6.42 Å². The topological polar surface area (TPSA) is 74.7 Å². The first kappa shape index (κ1) is 15.0. The molecule has 0 saturated carbocycles. The maximum absolute atomic E-state index is 11.9. The molecule has 1 aromatic rings. The quantitative estimate of drug-likeness (QED) is 0.895. The number of sulfone groups is 1.